The summed E-state index contributed by atoms with van der Waals surface area (Å²) in [6.45, 7) is 0.238. The molecule has 1 aromatic carbocycles. The minimum absolute atomic E-state index is 0.171. The summed E-state index contributed by atoms with van der Waals surface area (Å²) < 4.78 is 0.312. The van der Waals surface area contributed by atoms with Crippen LogP contribution >= 0.6 is 15.9 Å². The van der Waals surface area contributed by atoms with E-state index in [4.69, 9.17) is 0 Å². The van der Waals surface area contributed by atoms with Gasteiger partial charge in [-0.15, -0.1) is 0 Å². The number of nitrogens with one attached hydrogen (secondary N) is 1. The van der Waals surface area contributed by atoms with Crippen LogP contribution in [0.25, 0.3) is 0 Å². The summed E-state index contributed by atoms with van der Waals surface area (Å²) in [6, 6.07) is 4.16. The number of hydrogen-bond donors (Lipinski definition) is 1. The van der Waals surface area contributed by atoms with Crippen LogP contribution in [-0.4, -0.2) is 42.3 Å². The van der Waals surface area contributed by atoms with Crippen LogP contribution in [-0.2, 0) is 4.79 Å². The van der Waals surface area contributed by atoms with Gasteiger partial charge in [0, 0.05) is 38.7 Å². The maximum atomic E-state index is 12.1. The van der Waals surface area contributed by atoms with Crippen LogP contribution in [0.1, 0.15) is 16.8 Å². The molecule has 0 heterocycles. The Labute approximate surface area is 124 Å². The van der Waals surface area contributed by atoms with Crippen molar-refractivity contribution >= 4 is 33.4 Å². The van der Waals surface area contributed by atoms with E-state index in [-0.39, 0.29) is 36.0 Å². The van der Waals surface area contributed by atoms with Crippen LogP contribution in [0.3, 0.4) is 0 Å². The average Bonchev–Trinajstić information content (AvgIpc) is 2.43. The summed E-state index contributed by atoms with van der Waals surface area (Å²) in [7, 11) is 3.06. The first-order valence-corrected chi connectivity index (χ1v) is 6.56. The lowest BCUT2D eigenvalue weighted by atomic mass is 10.1. The summed E-state index contributed by atoms with van der Waals surface area (Å²) in [5.74, 6) is -0.545. The van der Waals surface area contributed by atoms with E-state index in [1.165, 1.54) is 30.1 Å². The Hall–Kier alpha value is -1.96. The summed E-state index contributed by atoms with van der Waals surface area (Å²) in [5.41, 5.74) is 0.0369. The lowest BCUT2D eigenvalue weighted by Gasteiger charge is -2.16. The van der Waals surface area contributed by atoms with E-state index in [0.29, 0.717) is 4.47 Å². The largest absolute Gasteiger partial charge is 0.359 e. The minimum atomic E-state index is -0.564. The fraction of sp³-hybridized carbons (Fsp3) is 0.333. The molecular weight excluding hydrogens is 330 g/mol. The molecule has 0 fully saturated rings. The van der Waals surface area contributed by atoms with Gasteiger partial charge in [0.05, 0.1) is 9.40 Å². The Kier molecular flexibility index (Phi) is 5.63. The zero-order valence-electron chi connectivity index (χ0n) is 11.1. The molecule has 0 saturated heterocycles. The maximum Gasteiger partial charge on any atom is 0.284 e. The van der Waals surface area contributed by atoms with E-state index in [2.05, 4.69) is 21.2 Å². The zero-order valence-corrected chi connectivity index (χ0v) is 12.6. The Balaban J connectivity index is 2.84. The second-order valence-electron chi connectivity index (χ2n) is 4.07. The molecule has 0 radical (unpaired) electrons. The molecule has 0 aromatic heterocycles. The SMILES string of the molecule is CNC(=O)CCN(C)C(=O)c1ccc(Br)c([N+](=O)[O-])c1. The molecule has 1 N–H and O–H groups in total. The summed E-state index contributed by atoms with van der Waals surface area (Å²) in [6.07, 6.45) is 0.178. The van der Waals surface area contributed by atoms with Crippen molar-refractivity contribution in [2.75, 3.05) is 20.6 Å². The first kappa shape index (κ1) is 16.1. The molecule has 0 aliphatic heterocycles. The van der Waals surface area contributed by atoms with Crippen LogP contribution in [0, 0.1) is 10.1 Å². The summed E-state index contributed by atoms with van der Waals surface area (Å²) in [4.78, 5) is 34.8. The predicted octanol–water partition coefficient (Wildman–Crippen LogP) is 1.57. The molecule has 0 atom stereocenters. The molecule has 7 nitrogen and oxygen atoms in total. The number of halogens is 1. The third kappa shape index (κ3) is 4.02. The van der Waals surface area contributed by atoms with Gasteiger partial charge in [0.15, 0.2) is 0 Å². The van der Waals surface area contributed by atoms with Crippen molar-refractivity contribution < 1.29 is 14.5 Å². The maximum absolute atomic E-state index is 12.1. The molecule has 0 aliphatic rings. The number of carbonyl (C=O) groups is 2. The molecule has 0 aliphatic carbocycles. The Morgan fingerprint density at radius 1 is 1.45 bits per heavy atom. The number of nitrogens with zero attached hydrogens (tertiary/aromatic N) is 2. The van der Waals surface area contributed by atoms with Gasteiger partial charge in [0.2, 0.25) is 5.91 Å². The third-order valence-electron chi connectivity index (χ3n) is 2.69. The number of amides is 2. The molecular formula is C12H14BrN3O4. The van der Waals surface area contributed by atoms with E-state index in [0.717, 1.165) is 0 Å². The average molecular weight is 344 g/mol. The van der Waals surface area contributed by atoms with Gasteiger partial charge in [-0.3, -0.25) is 19.7 Å². The number of hydrogen-bond acceptors (Lipinski definition) is 4. The number of carbonyl (C=O) groups excluding carboxylic acids is 2. The van der Waals surface area contributed by atoms with Gasteiger partial charge >= 0.3 is 0 Å². The standard InChI is InChI=1S/C12H14BrN3O4/c1-14-11(17)5-6-15(2)12(18)8-3-4-9(13)10(7-8)16(19)20/h3-4,7H,5-6H2,1-2H3,(H,14,17). The smallest absolute Gasteiger partial charge is 0.284 e. The van der Waals surface area contributed by atoms with Crippen molar-refractivity contribution in [3.63, 3.8) is 0 Å². The molecule has 8 heteroatoms. The van der Waals surface area contributed by atoms with E-state index in [9.17, 15) is 19.7 Å². The lowest BCUT2D eigenvalue weighted by molar-refractivity contribution is -0.385. The number of benzene rings is 1. The van der Waals surface area contributed by atoms with Gasteiger partial charge in [0.1, 0.15) is 0 Å². The van der Waals surface area contributed by atoms with Gasteiger partial charge in [-0.1, -0.05) is 0 Å². The first-order chi connectivity index (χ1) is 9.36. The number of nitro groups is 1. The van der Waals surface area contributed by atoms with Crippen LogP contribution in [0.15, 0.2) is 22.7 Å². The van der Waals surface area contributed by atoms with Gasteiger partial charge in [-0.05, 0) is 28.1 Å². The number of rotatable bonds is 5. The molecule has 0 saturated carbocycles. The zero-order chi connectivity index (χ0) is 15.3. The molecule has 20 heavy (non-hydrogen) atoms. The van der Waals surface area contributed by atoms with Gasteiger partial charge in [0.25, 0.3) is 11.6 Å². The van der Waals surface area contributed by atoms with E-state index >= 15 is 0 Å². The minimum Gasteiger partial charge on any atom is -0.359 e. The highest BCUT2D eigenvalue weighted by Crippen LogP contribution is 2.26. The van der Waals surface area contributed by atoms with Crippen LogP contribution in [0.4, 0.5) is 5.69 Å². The number of nitro benzene ring substituents is 1. The second kappa shape index (κ2) is 6.99. The van der Waals surface area contributed by atoms with E-state index in [1.807, 2.05) is 0 Å². The molecule has 2 amide bonds. The molecule has 0 spiro atoms. The summed E-state index contributed by atoms with van der Waals surface area (Å²) >= 11 is 3.06. The molecule has 1 aromatic rings. The quantitative estimate of drug-likeness (QED) is 0.648. The van der Waals surface area contributed by atoms with Gasteiger partial charge < -0.3 is 10.2 Å². The highest BCUT2D eigenvalue weighted by atomic mass is 79.9. The molecule has 0 bridgehead atoms. The highest BCUT2D eigenvalue weighted by molar-refractivity contribution is 9.10. The first-order valence-electron chi connectivity index (χ1n) is 5.76. The van der Waals surface area contributed by atoms with E-state index in [1.54, 1.807) is 7.05 Å². The highest BCUT2D eigenvalue weighted by Gasteiger charge is 2.18. The monoisotopic (exact) mass is 343 g/mol. The fourth-order valence-electron chi connectivity index (χ4n) is 1.50. The van der Waals surface area contributed by atoms with Crippen LogP contribution < -0.4 is 5.32 Å². The topological polar surface area (TPSA) is 92.6 Å². The van der Waals surface area contributed by atoms with Crippen molar-refractivity contribution in [2.24, 2.45) is 0 Å². The van der Waals surface area contributed by atoms with Gasteiger partial charge in [-0.25, -0.2) is 0 Å². The third-order valence-corrected chi connectivity index (χ3v) is 3.36. The Morgan fingerprint density at radius 2 is 2.10 bits per heavy atom. The molecule has 108 valence electrons. The molecule has 0 unspecified atom stereocenters. The lowest BCUT2D eigenvalue weighted by Crippen LogP contribution is -2.31. The van der Waals surface area contributed by atoms with Crippen molar-refractivity contribution in [1.29, 1.82) is 0 Å². The van der Waals surface area contributed by atoms with Crippen molar-refractivity contribution in [3.05, 3.63) is 38.3 Å². The fourth-order valence-corrected chi connectivity index (χ4v) is 1.89. The summed E-state index contributed by atoms with van der Waals surface area (Å²) in [5, 5.41) is 13.3. The Morgan fingerprint density at radius 3 is 2.65 bits per heavy atom. The van der Waals surface area contributed by atoms with Crippen LogP contribution in [0.2, 0.25) is 0 Å². The molecule has 1 rings (SSSR count). The van der Waals surface area contributed by atoms with Crippen molar-refractivity contribution in [1.82, 2.24) is 10.2 Å². The van der Waals surface area contributed by atoms with Crippen molar-refractivity contribution in [3.8, 4) is 0 Å². The predicted molar refractivity (Wildman–Crippen MR) is 76.4 cm³/mol. The Bertz CT molecular complexity index is 548. The van der Waals surface area contributed by atoms with E-state index < -0.39 is 4.92 Å². The van der Waals surface area contributed by atoms with Gasteiger partial charge in [-0.2, -0.15) is 0 Å². The second-order valence-corrected chi connectivity index (χ2v) is 4.93. The van der Waals surface area contributed by atoms with Crippen LogP contribution in [0.5, 0.6) is 0 Å². The normalized spacial score (nSPS) is 9.95. The van der Waals surface area contributed by atoms with Crippen molar-refractivity contribution in [2.45, 2.75) is 6.42 Å².